The third kappa shape index (κ3) is 5.57. The van der Waals surface area contributed by atoms with Crippen LogP contribution in [0.1, 0.15) is 18.5 Å². The fraction of sp³-hybridized carbons (Fsp3) is 0.533. The lowest BCUT2D eigenvalue weighted by atomic mass is 10.1. The summed E-state index contributed by atoms with van der Waals surface area (Å²) in [6.45, 7) is 6.66. The van der Waals surface area contributed by atoms with Crippen molar-refractivity contribution in [1.29, 1.82) is 0 Å². The molecule has 0 aromatic heterocycles. The van der Waals surface area contributed by atoms with Gasteiger partial charge in [-0.25, -0.2) is 4.79 Å². The van der Waals surface area contributed by atoms with E-state index in [0.29, 0.717) is 6.04 Å². The van der Waals surface area contributed by atoms with Gasteiger partial charge in [-0.1, -0.05) is 12.1 Å². The van der Waals surface area contributed by atoms with E-state index in [1.165, 1.54) is 30.2 Å². The van der Waals surface area contributed by atoms with E-state index in [1.54, 1.807) is 0 Å². The average Bonchev–Trinajstić information content (AvgIpc) is 2.48. The molecule has 2 rings (SSSR count). The highest BCUT2D eigenvalue weighted by Gasteiger charge is 2.10. The predicted octanol–water partition coefficient (Wildman–Crippen LogP) is 1.88. The minimum atomic E-state index is -0.534. The average molecular weight is 308 g/mol. The zero-order valence-corrected chi connectivity index (χ0v) is 13.3. The number of nitrogens with zero attached hydrogens (tertiary/aromatic N) is 1. The van der Waals surface area contributed by atoms with Crippen molar-refractivity contribution >= 4 is 23.5 Å². The van der Waals surface area contributed by atoms with E-state index in [4.69, 9.17) is 5.73 Å². The summed E-state index contributed by atoms with van der Waals surface area (Å²) in [6, 6.07) is 7.54. The van der Waals surface area contributed by atoms with Crippen LogP contribution in [-0.4, -0.2) is 48.6 Å². The van der Waals surface area contributed by atoms with E-state index < -0.39 is 6.03 Å². The minimum absolute atomic E-state index is 0.298. The number of rotatable bonds is 6. The standard InChI is InChI=1S/C15H24N4OS/c1-12(17-6-7-19-8-10-21-11-9-19)13-2-4-14(5-3-13)18-15(16)20/h2-5,12,17H,6-11H2,1H3,(H3,16,18,20). The number of carbonyl (C=O) groups is 1. The van der Waals surface area contributed by atoms with Crippen LogP contribution in [0.5, 0.6) is 0 Å². The highest BCUT2D eigenvalue weighted by molar-refractivity contribution is 7.99. The molecule has 4 N–H and O–H groups in total. The van der Waals surface area contributed by atoms with Crippen LogP contribution in [0.2, 0.25) is 0 Å². The SMILES string of the molecule is CC(NCCN1CCSCC1)c1ccc(NC(N)=O)cc1. The highest BCUT2D eigenvalue weighted by Crippen LogP contribution is 2.16. The Morgan fingerprint density at radius 3 is 2.62 bits per heavy atom. The van der Waals surface area contributed by atoms with Gasteiger partial charge in [-0.05, 0) is 24.6 Å². The Kier molecular flexibility index (Phi) is 6.35. The Labute approximate surface area is 130 Å². The largest absolute Gasteiger partial charge is 0.351 e. The Bertz CT molecular complexity index is 445. The number of primary amides is 1. The summed E-state index contributed by atoms with van der Waals surface area (Å²) in [5, 5.41) is 6.11. The monoisotopic (exact) mass is 308 g/mol. The molecule has 1 atom stereocenters. The normalized spacial score (nSPS) is 17.4. The molecule has 1 aliphatic rings. The van der Waals surface area contributed by atoms with Gasteiger partial charge in [0.15, 0.2) is 0 Å². The van der Waals surface area contributed by atoms with Gasteiger partial charge in [0.2, 0.25) is 0 Å². The molecule has 5 nitrogen and oxygen atoms in total. The molecule has 1 aromatic rings. The van der Waals surface area contributed by atoms with Crippen molar-refractivity contribution in [3.8, 4) is 0 Å². The van der Waals surface area contributed by atoms with E-state index in [-0.39, 0.29) is 0 Å². The van der Waals surface area contributed by atoms with Crippen LogP contribution in [0, 0.1) is 0 Å². The summed E-state index contributed by atoms with van der Waals surface area (Å²) in [4.78, 5) is 13.3. The third-order valence-corrected chi connectivity index (χ3v) is 4.60. The number of nitrogens with one attached hydrogen (secondary N) is 2. The number of carbonyl (C=O) groups excluding carboxylic acids is 1. The minimum Gasteiger partial charge on any atom is -0.351 e. The molecule has 0 spiro atoms. The van der Waals surface area contributed by atoms with E-state index in [9.17, 15) is 4.79 Å². The maximum Gasteiger partial charge on any atom is 0.316 e. The molecule has 116 valence electrons. The first-order valence-corrected chi connectivity index (χ1v) is 8.50. The zero-order chi connectivity index (χ0) is 15.1. The predicted molar refractivity (Wildman–Crippen MR) is 89.8 cm³/mol. The summed E-state index contributed by atoms with van der Waals surface area (Å²) in [6.07, 6.45) is 0. The van der Waals surface area contributed by atoms with Crippen molar-refractivity contribution in [2.24, 2.45) is 5.73 Å². The van der Waals surface area contributed by atoms with E-state index in [2.05, 4.69) is 22.5 Å². The fourth-order valence-corrected chi connectivity index (χ4v) is 3.36. The molecule has 1 aromatic carbocycles. The van der Waals surface area contributed by atoms with Gasteiger partial charge in [-0.3, -0.25) is 0 Å². The number of amides is 2. The summed E-state index contributed by atoms with van der Waals surface area (Å²) in [7, 11) is 0. The molecule has 1 heterocycles. The van der Waals surface area contributed by atoms with Gasteiger partial charge < -0.3 is 21.3 Å². The van der Waals surface area contributed by atoms with Crippen molar-refractivity contribution in [1.82, 2.24) is 10.2 Å². The van der Waals surface area contributed by atoms with Crippen LogP contribution in [0.3, 0.4) is 0 Å². The van der Waals surface area contributed by atoms with Gasteiger partial charge >= 0.3 is 6.03 Å². The second-order valence-corrected chi connectivity index (χ2v) is 6.47. The first-order chi connectivity index (χ1) is 10.1. The molecule has 0 bridgehead atoms. The Morgan fingerprint density at radius 2 is 2.00 bits per heavy atom. The summed E-state index contributed by atoms with van der Waals surface area (Å²) >= 11 is 2.04. The van der Waals surface area contributed by atoms with Crippen LogP contribution >= 0.6 is 11.8 Å². The van der Waals surface area contributed by atoms with Gasteiger partial charge in [0.1, 0.15) is 0 Å². The molecule has 1 saturated heterocycles. The Morgan fingerprint density at radius 1 is 1.33 bits per heavy atom. The molecule has 1 fully saturated rings. The van der Waals surface area contributed by atoms with Crippen LogP contribution < -0.4 is 16.4 Å². The first kappa shape index (κ1) is 16.1. The highest BCUT2D eigenvalue weighted by atomic mass is 32.2. The molecule has 0 radical (unpaired) electrons. The lowest BCUT2D eigenvalue weighted by Gasteiger charge is -2.26. The van der Waals surface area contributed by atoms with Gasteiger partial charge in [-0.15, -0.1) is 0 Å². The van der Waals surface area contributed by atoms with Crippen molar-refractivity contribution < 1.29 is 4.79 Å². The number of hydrogen-bond donors (Lipinski definition) is 3. The molecule has 0 saturated carbocycles. The fourth-order valence-electron chi connectivity index (χ4n) is 2.38. The van der Waals surface area contributed by atoms with Crippen molar-refractivity contribution in [2.45, 2.75) is 13.0 Å². The third-order valence-electron chi connectivity index (χ3n) is 3.66. The van der Waals surface area contributed by atoms with E-state index in [1.807, 2.05) is 36.0 Å². The zero-order valence-electron chi connectivity index (χ0n) is 12.5. The van der Waals surface area contributed by atoms with E-state index in [0.717, 1.165) is 18.8 Å². The summed E-state index contributed by atoms with van der Waals surface area (Å²) in [5.41, 5.74) is 7.02. The lowest BCUT2D eigenvalue weighted by Crippen LogP contribution is -2.38. The van der Waals surface area contributed by atoms with Gasteiger partial charge in [0.25, 0.3) is 0 Å². The molecule has 2 amide bonds. The second-order valence-electron chi connectivity index (χ2n) is 5.24. The van der Waals surface area contributed by atoms with E-state index >= 15 is 0 Å². The number of hydrogen-bond acceptors (Lipinski definition) is 4. The van der Waals surface area contributed by atoms with Crippen LogP contribution in [0.4, 0.5) is 10.5 Å². The number of thioether (sulfide) groups is 1. The number of benzene rings is 1. The molecule has 6 heteroatoms. The number of urea groups is 1. The van der Waals surface area contributed by atoms with Gasteiger partial charge in [0, 0.05) is 49.4 Å². The molecule has 1 aliphatic heterocycles. The molecule has 1 unspecified atom stereocenters. The topological polar surface area (TPSA) is 70.4 Å². The Balaban J connectivity index is 1.74. The summed E-state index contributed by atoms with van der Waals surface area (Å²) < 4.78 is 0. The first-order valence-electron chi connectivity index (χ1n) is 7.35. The van der Waals surface area contributed by atoms with Gasteiger partial charge in [0.05, 0.1) is 0 Å². The maximum absolute atomic E-state index is 10.8. The molecular weight excluding hydrogens is 284 g/mol. The van der Waals surface area contributed by atoms with Crippen molar-refractivity contribution in [2.75, 3.05) is 43.0 Å². The van der Waals surface area contributed by atoms with Crippen LogP contribution in [0.25, 0.3) is 0 Å². The number of anilines is 1. The molecular formula is C15H24N4OS. The van der Waals surface area contributed by atoms with Crippen molar-refractivity contribution in [3.05, 3.63) is 29.8 Å². The van der Waals surface area contributed by atoms with Gasteiger partial charge in [-0.2, -0.15) is 11.8 Å². The van der Waals surface area contributed by atoms with Crippen molar-refractivity contribution in [3.63, 3.8) is 0 Å². The quantitative estimate of drug-likeness (QED) is 0.750. The molecule has 21 heavy (non-hydrogen) atoms. The maximum atomic E-state index is 10.8. The summed E-state index contributed by atoms with van der Waals surface area (Å²) in [5.74, 6) is 2.51. The van der Waals surface area contributed by atoms with Crippen LogP contribution in [-0.2, 0) is 0 Å². The lowest BCUT2D eigenvalue weighted by molar-refractivity contribution is 0.259. The number of nitrogens with two attached hydrogens (primary N) is 1. The second kappa shape index (κ2) is 8.26. The smallest absolute Gasteiger partial charge is 0.316 e. The van der Waals surface area contributed by atoms with Crippen LogP contribution in [0.15, 0.2) is 24.3 Å². The molecule has 0 aliphatic carbocycles. The Hall–Kier alpha value is -1.24.